The maximum atomic E-state index is 13.1. The number of aromatic amines is 1. The average molecular weight is 353 g/mol. The molecule has 1 atom stereocenters. The summed E-state index contributed by atoms with van der Waals surface area (Å²) in [5, 5.41) is 7.41. The van der Waals surface area contributed by atoms with Gasteiger partial charge in [-0.05, 0) is 44.6 Å². The lowest BCUT2D eigenvalue weighted by molar-refractivity contribution is -0.0255. The van der Waals surface area contributed by atoms with E-state index in [1.54, 1.807) is 0 Å². The fourth-order valence-corrected chi connectivity index (χ4v) is 3.79. The second kappa shape index (κ2) is 7.62. The molecule has 2 aliphatic rings. The molecule has 1 saturated carbocycles. The highest BCUT2D eigenvalue weighted by Crippen LogP contribution is 2.41. The highest BCUT2D eigenvalue weighted by atomic mass is 16.5. The van der Waals surface area contributed by atoms with Gasteiger partial charge in [-0.25, -0.2) is 0 Å². The molecular formula is C21H27N3O2. The van der Waals surface area contributed by atoms with E-state index < -0.39 is 0 Å². The quantitative estimate of drug-likeness (QED) is 0.865. The van der Waals surface area contributed by atoms with Crippen molar-refractivity contribution < 1.29 is 9.53 Å². The van der Waals surface area contributed by atoms with Crippen molar-refractivity contribution >= 4 is 5.91 Å². The molecule has 26 heavy (non-hydrogen) atoms. The molecule has 1 aromatic heterocycles. The van der Waals surface area contributed by atoms with Crippen LogP contribution in [-0.4, -0.2) is 46.8 Å². The normalized spacial score (nSPS) is 20.3. The fraction of sp³-hybridized carbons (Fsp3) is 0.524. The number of H-pyrrole nitrogens is 1. The van der Waals surface area contributed by atoms with Crippen molar-refractivity contribution in [2.24, 2.45) is 0 Å². The highest BCUT2D eigenvalue weighted by Gasteiger charge is 2.34. The Hall–Kier alpha value is -2.14. The predicted octanol–water partition coefficient (Wildman–Crippen LogP) is 3.46. The Morgan fingerprint density at radius 3 is 2.88 bits per heavy atom. The van der Waals surface area contributed by atoms with Gasteiger partial charge in [0, 0.05) is 24.7 Å². The minimum absolute atomic E-state index is 0.120. The zero-order chi connectivity index (χ0) is 17.9. The number of carbonyl (C=O) groups excluding carboxylic acids is 1. The number of nitrogens with one attached hydrogen (secondary N) is 1. The largest absolute Gasteiger partial charge is 0.375 e. The average Bonchev–Trinajstić information content (AvgIpc) is 3.44. The smallest absolute Gasteiger partial charge is 0.257 e. The number of ether oxygens (including phenoxy) is 1. The zero-order valence-corrected chi connectivity index (χ0v) is 15.4. The maximum absolute atomic E-state index is 13.1. The molecule has 5 heteroatoms. The number of benzene rings is 1. The van der Waals surface area contributed by atoms with Gasteiger partial charge in [0.25, 0.3) is 5.91 Å². The summed E-state index contributed by atoms with van der Waals surface area (Å²) in [5.41, 5.74) is 4.03. The topological polar surface area (TPSA) is 58.2 Å². The Kier molecular flexibility index (Phi) is 5.07. The molecule has 2 heterocycles. The van der Waals surface area contributed by atoms with E-state index in [0.717, 1.165) is 49.1 Å². The molecule has 1 N–H and O–H groups in total. The van der Waals surface area contributed by atoms with Crippen molar-refractivity contribution in [3.63, 3.8) is 0 Å². The van der Waals surface area contributed by atoms with Crippen molar-refractivity contribution in [3.8, 4) is 0 Å². The monoisotopic (exact) mass is 353 g/mol. The zero-order valence-electron chi connectivity index (χ0n) is 15.4. The summed E-state index contributed by atoms with van der Waals surface area (Å²) in [5.74, 6) is 0.594. The van der Waals surface area contributed by atoms with Crippen molar-refractivity contribution in [2.75, 3.05) is 19.7 Å². The molecule has 0 radical (unpaired) electrons. The van der Waals surface area contributed by atoms with Crippen LogP contribution in [0.1, 0.15) is 58.9 Å². The number of rotatable bonds is 6. The molecule has 0 spiro atoms. The number of hydrogen-bond donors (Lipinski definition) is 1. The number of aromatic nitrogens is 2. The van der Waals surface area contributed by atoms with Gasteiger partial charge in [-0.2, -0.15) is 5.10 Å². The molecular weight excluding hydrogens is 326 g/mol. The summed E-state index contributed by atoms with van der Waals surface area (Å²) >= 11 is 0. The van der Waals surface area contributed by atoms with Crippen molar-refractivity contribution in [2.45, 2.75) is 51.0 Å². The van der Waals surface area contributed by atoms with E-state index in [9.17, 15) is 4.79 Å². The van der Waals surface area contributed by atoms with Gasteiger partial charge >= 0.3 is 0 Å². The van der Waals surface area contributed by atoms with Gasteiger partial charge < -0.3 is 9.64 Å². The predicted molar refractivity (Wildman–Crippen MR) is 100 cm³/mol. The molecule has 2 aromatic rings. The Morgan fingerprint density at radius 1 is 1.31 bits per heavy atom. The molecule has 2 fully saturated rings. The van der Waals surface area contributed by atoms with Crippen molar-refractivity contribution in [1.29, 1.82) is 0 Å². The second-order valence-corrected chi connectivity index (χ2v) is 7.50. The van der Waals surface area contributed by atoms with Gasteiger partial charge in [0.2, 0.25) is 0 Å². The van der Waals surface area contributed by atoms with E-state index in [1.807, 2.05) is 17.9 Å². The number of morpholine rings is 1. The van der Waals surface area contributed by atoms with E-state index in [0.29, 0.717) is 25.6 Å². The minimum atomic E-state index is 0.120. The summed E-state index contributed by atoms with van der Waals surface area (Å²) in [6.45, 7) is 3.92. The first-order chi connectivity index (χ1) is 12.7. The number of hydrogen-bond acceptors (Lipinski definition) is 3. The summed E-state index contributed by atoms with van der Waals surface area (Å²) in [6.07, 6.45) is 5.55. The minimum Gasteiger partial charge on any atom is -0.375 e. The Balaban J connectivity index is 1.34. The van der Waals surface area contributed by atoms with Crippen LogP contribution < -0.4 is 0 Å². The second-order valence-electron chi connectivity index (χ2n) is 7.50. The van der Waals surface area contributed by atoms with Gasteiger partial charge in [0.05, 0.1) is 24.0 Å². The highest BCUT2D eigenvalue weighted by molar-refractivity contribution is 5.96. The molecule has 0 unspecified atom stereocenters. The summed E-state index contributed by atoms with van der Waals surface area (Å²) in [4.78, 5) is 15.0. The first kappa shape index (κ1) is 17.3. The molecule has 5 nitrogen and oxygen atoms in total. The molecule has 4 rings (SSSR count). The van der Waals surface area contributed by atoms with Crippen molar-refractivity contribution in [3.05, 3.63) is 52.8 Å². The number of aryl methyl sites for hydroxylation is 2. The summed E-state index contributed by atoms with van der Waals surface area (Å²) < 4.78 is 5.92. The third-order valence-electron chi connectivity index (χ3n) is 5.41. The van der Waals surface area contributed by atoms with Crippen LogP contribution >= 0.6 is 0 Å². The summed E-state index contributed by atoms with van der Waals surface area (Å²) in [6, 6.07) is 10.5. The van der Waals surface area contributed by atoms with E-state index in [1.165, 1.54) is 5.56 Å². The molecule has 0 bridgehead atoms. The van der Waals surface area contributed by atoms with Crippen LogP contribution in [0.2, 0.25) is 0 Å². The third kappa shape index (κ3) is 3.83. The van der Waals surface area contributed by atoms with Crippen LogP contribution in [0.4, 0.5) is 0 Å². The van der Waals surface area contributed by atoms with Gasteiger partial charge in [-0.3, -0.25) is 9.89 Å². The Morgan fingerprint density at radius 2 is 2.12 bits per heavy atom. The van der Waals surface area contributed by atoms with E-state index in [4.69, 9.17) is 4.74 Å². The maximum Gasteiger partial charge on any atom is 0.257 e. The summed E-state index contributed by atoms with van der Waals surface area (Å²) in [7, 11) is 0. The van der Waals surface area contributed by atoms with Crippen LogP contribution in [0.5, 0.6) is 0 Å². The van der Waals surface area contributed by atoms with Gasteiger partial charge in [-0.15, -0.1) is 0 Å². The fourth-order valence-electron chi connectivity index (χ4n) is 3.79. The Bertz CT molecular complexity index is 752. The van der Waals surface area contributed by atoms with Crippen LogP contribution in [0, 0.1) is 6.92 Å². The Labute approximate surface area is 154 Å². The lowest BCUT2D eigenvalue weighted by atomic mass is 10.0. The van der Waals surface area contributed by atoms with Crippen LogP contribution in [-0.2, 0) is 11.2 Å². The first-order valence-electron chi connectivity index (χ1n) is 9.72. The molecule has 138 valence electrons. The van der Waals surface area contributed by atoms with Crippen LogP contribution in [0.3, 0.4) is 0 Å². The third-order valence-corrected chi connectivity index (χ3v) is 5.41. The standard InChI is InChI=1S/C21H27N3O2/c1-15-19(20(23-22-15)17-10-11-17)21(25)24-12-13-26-18(14-24)9-5-8-16-6-3-2-4-7-16/h2-4,6-7,17-18H,5,8-14H2,1H3,(H,22,23)/t18-/m1/s1. The molecule has 1 aliphatic heterocycles. The van der Waals surface area contributed by atoms with E-state index in [2.05, 4.69) is 34.5 Å². The number of amides is 1. The van der Waals surface area contributed by atoms with Crippen LogP contribution in [0.25, 0.3) is 0 Å². The van der Waals surface area contributed by atoms with Crippen molar-refractivity contribution in [1.82, 2.24) is 15.1 Å². The number of nitrogens with zero attached hydrogens (tertiary/aromatic N) is 2. The van der Waals surface area contributed by atoms with Gasteiger partial charge in [-0.1, -0.05) is 30.3 Å². The van der Waals surface area contributed by atoms with Gasteiger partial charge in [0.15, 0.2) is 0 Å². The van der Waals surface area contributed by atoms with Gasteiger partial charge in [0.1, 0.15) is 0 Å². The number of carbonyl (C=O) groups is 1. The molecule has 1 aliphatic carbocycles. The first-order valence-corrected chi connectivity index (χ1v) is 9.72. The molecule has 1 amide bonds. The molecule has 1 saturated heterocycles. The van der Waals surface area contributed by atoms with E-state index in [-0.39, 0.29) is 12.0 Å². The van der Waals surface area contributed by atoms with E-state index >= 15 is 0 Å². The SMILES string of the molecule is Cc1[nH]nc(C2CC2)c1C(=O)N1CCO[C@H](CCCc2ccccc2)C1. The lowest BCUT2D eigenvalue weighted by Gasteiger charge is -2.33. The van der Waals surface area contributed by atoms with Crippen LogP contribution in [0.15, 0.2) is 30.3 Å². The molecule has 1 aromatic carbocycles. The lowest BCUT2D eigenvalue weighted by Crippen LogP contribution is -2.46.